The minimum atomic E-state index is 0.495. The van der Waals surface area contributed by atoms with Crippen molar-refractivity contribution >= 4 is 5.82 Å². The Morgan fingerprint density at radius 3 is 2.79 bits per heavy atom. The van der Waals surface area contributed by atoms with E-state index in [4.69, 9.17) is 5.26 Å². The number of hydrogen-bond acceptors (Lipinski definition) is 4. The maximum absolute atomic E-state index is 8.96. The Labute approximate surface area is 114 Å². The van der Waals surface area contributed by atoms with E-state index in [0.29, 0.717) is 11.0 Å². The fraction of sp³-hybridized carbons (Fsp3) is 0.600. The third-order valence-electron chi connectivity index (χ3n) is 4.62. The van der Waals surface area contributed by atoms with Gasteiger partial charge in [0.05, 0.1) is 11.3 Å². The van der Waals surface area contributed by atoms with Crippen molar-refractivity contribution < 1.29 is 0 Å². The van der Waals surface area contributed by atoms with Crippen molar-refractivity contribution in [3.63, 3.8) is 0 Å². The molecule has 3 heterocycles. The van der Waals surface area contributed by atoms with Gasteiger partial charge in [-0.25, -0.2) is 4.98 Å². The number of aryl methyl sites for hydroxylation is 1. The molecule has 2 aliphatic heterocycles. The molecule has 100 valence electrons. The highest BCUT2D eigenvalue weighted by molar-refractivity contribution is 5.46. The molecule has 1 N–H and O–H groups in total. The average Bonchev–Trinajstić information content (AvgIpc) is 2.83. The van der Waals surface area contributed by atoms with Gasteiger partial charge in [0, 0.05) is 13.1 Å². The van der Waals surface area contributed by atoms with Crippen LogP contribution in [0.15, 0.2) is 12.1 Å². The minimum absolute atomic E-state index is 0.495. The van der Waals surface area contributed by atoms with E-state index < -0.39 is 0 Å². The average molecular weight is 256 g/mol. The first-order valence-electron chi connectivity index (χ1n) is 7.06. The van der Waals surface area contributed by atoms with Crippen LogP contribution in [0.4, 0.5) is 5.82 Å². The Morgan fingerprint density at radius 1 is 1.32 bits per heavy atom. The van der Waals surface area contributed by atoms with Crippen molar-refractivity contribution in [2.24, 2.45) is 5.41 Å². The van der Waals surface area contributed by atoms with Gasteiger partial charge < -0.3 is 10.2 Å². The van der Waals surface area contributed by atoms with Crippen molar-refractivity contribution in [1.82, 2.24) is 10.3 Å². The van der Waals surface area contributed by atoms with Crippen molar-refractivity contribution in [1.29, 1.82) is 5.26 Å². The van der Waals surface area contributed by atoms with E-state index in [1.807, 2.05) is 19.1 Å². The van der Waals surface area contributed by atoms with Gasteiger partial charge in [-0.05, 0) is 56.8 Å². The van der Waals surface area contributed by atoms with Gasteiger partial charge in [-0.15, -0.1) is 0 Å². The number of piperidine rings is 1. The zero-order valence-corrected chi connectivity index (χ0v) is 11.4. The standard InChI is InChI=1S/C15H20N4/c1-12-13(10-16)2-3-14(18-12)19-9-6-15(11-19)4-7-17-8-5-15/h2-3,17H,4-9,11H2,1H3. The highest BCUT2D eigenvalue weighted by Crippen LogP contribution is 2.39. The first kappa shape index (κ1) is 12.4. The Morgan fingerprint density at radius 2 is 2.11 bits per heavy atom. The van der Waals surface area contributed by atoms with Gasteiger partial charge >= 0.3 is 0 Å². The second-order valence-electron chi connectivity index (χ2n) is 5.84. The molecule has 0 aromatic carbocycles. The van der Waals surface area contributed by atoms with Crippen molar-refractivity contribution in [3.05, 3.63) is 23.4 Å². The highest BCUT2D eigenvalue weighted by Gasteiger charge is 2.39. The fourth-order valence-electron chi connectivity index (χ4n) is 3.34. The number of hydrogen-bond donors (Lipinski definition) is 1. The highest BCUT2D eigenvalue weighted by atomic mass is 15.2. The molecule has 0 atom stereocenters. The molecule has 1 aromatic heterocycles. The van der Waals surface area contributed by atoms with Gasteiger partial charge in [0.15, 0.2) is 0 Å². The summed E-state index contributed by atoms with van der Waals surface area (Å²) in [5.41, 5.74) is 2.01. The fourth-order valence-corrected chi connectivity index (χ4v) is 3.34. The lowest BCUT2D eigenvalue weighted by molar-refractivity contribution is 0.232. The molecule has 3 rings (SSSR count). The SMILES string of the molecule is Cc1nc(N2CCC3(CCNCC3)C2)ccc1C#N. The second-order valence-corrected chi connectivity index (χ2v) is 5.84. The summed E-state index contributed by atoms with van der Waals surface area (Å²) in [6.45, 7) is 6.42. The van der Waals surface area contributed by atoms with E-state index >= 15 is 0 Å². The molecule has 0 bridgehead atoms. The number of rotatable bonds is 1. The van der Waals surface area contributed by atoms with Crippen LogP contribution < -0.4 is 10.2 Å². The normalized spacial score (nSPS) is 21.6. The quantitative estimate of drug-likeness (QED) is 0.833. The number of pyridine rings is 1. The van der Waals surface area contributed by atoms with Crippen LogP contribution in [-0.4, -0.2) is 31.2 Å². The van der Waals surface area contributed by atoms with Crippen molar-refractivity contribution in [2.45, 2.75) is 26.2 Å². The summed E-state index contributed by atoms with van der Waals surface area (Å²) < 4.78 is 0. The summed E-state index contributed by atoms with van der Waals surface area (Å²) >= 11 is 0. The molecular weight excluding hydrogens is 236 g/mol. The number of aromatic nitrogens is 1. The zero-order chi connectivity index (χ0) is 13.3. The van der Waals surface area contributed by atoms with E-state index in [9.17, 15) is 0 Å². The maximum Gasteiger partial charge on any atom is 0.128 e. The monoisotopic (exact) mass is 256 g/mol. The van der Waals surface area contributed by atoms with Gasteiger partial charge in [-0.2, -0.15) is 5.26 Å². The lowest BCUT2D eigenvalue weighted by atomic mass is 9.78. The smallest absolute Gasteiger partial charge is 0.128 e. The molecule has 2 saturated heterocycles. The Hall–Kier alpha value is -1.60. The lowest BCUT2D eigenvalue weighted by Crippen LogP contribution is -2.38. The molecule has 4 heteroatoms. The van der Waals surface area contributed by atoms with Crippen molar-refractivity contribution in [3.8, 4) is 6.07 Å². The zero-order valence-electron chi connectivity index (χ0n) is 11.4. The van der Waals surface area contributed by atoms with E-state index in [1.54, 1.807) is 0 Å². The topological polar surface area (TPSA) is 52.0 Å². The number of nitriles is 1. The molecular formula is C15H20N4. The maximum atomic E-state index is 8.96. The first-order chi connectivity index (χ1) is 9.22. The summed E-state index contributed by atoms with van der Waals surface area (Å²) in [6.07, 6.45) is 3.83. The Balaban J connectivity index is 1.77. The van der Waals surface area contributed by atoms with Gasteiger partial charge in [0.25, 0.3) is 0 Å². The molecule has 0 aliphatic carbocycles. The number of anilines is 1. The third kappa shape index (κ3) is 2.31. The van der Waals surface area contributed by atoms with Crippen LogP contribution in [0.1, 0.15) is 30.5 Å². The van der Waals surface area contributed by atoms with Crippen LogP contribution in [0.3, 0.4) is 0 Å². The Kier molecular flexibility index (Phi) is 3.16. The molecule has 0 unspecified atom stereocenters. The third-order valence-corrected chi connectivity index (χ3v) is 4.62. The number of nitrogens with one attached hydrogen (secondary N) is 1. The van der Waals surface area contributed by atoms with Crippen LogP contribution in [-0.2, 0) is 0 Å². The molecule has 2 aliphatic rings. The summed E-state index contributed by atoms with van der Waals surface area (Å²) in [5.74, 6) is 1.03. The lowest BCUT2D eigenvalue weighted by Gasteiger charge is -2.33. The van der Waals surface area contributed by atoms with Crippen LogP contribution in [0.2, 0.25) is 0 Å². The van der Waals surface area contributed by atoms with Gasteiger partial charge in [-0.3, -0.25) is 0 Å². The molecule has 0 radical (unpaired) electrons. The molecule has 4 nitrogen and oxygen atoms in total. The summed E-state index contributed by atoms with van der Waals surface area (Å²) in [5, 5.41) is 12.4. The molecule has 2 fully saturated rings. The largest absolute Gasteiger partial charge is 0.356 e. The molecule has 1 aromatic rings. The predicted molar refractivity (Wildman–Crippen MR) is 75.1 cm³/mol. The van der Waals surface area contributed by atoms with E-state index in [-0.39, 0.29) is 0 Å². The summed E-state index contributed by atoms with van der Waals surface area (Å²) in [7, 11) is 0. The first-order valence-corrected chi connectivity index (χ1v) is 7.06. The van der Waals surface area contributed by atoms with Crippen LogP contribution in [0.5, 0.6) is 0 Å². The van der Waals surface area contributed by atoms with E-state index in [1.165, 1.54) is 19.3 Å². The molecule has 0 amide bonds. The molecule has 1 spiro atoms. The summed E-state index contributed by atoms with van der Waals surface area (Å²) in [6, 6.07) is 6.07. The predicted octanol–water partition coefficient (Wildman–Crippen LogP) is 1.84. The van der Waals surface area contributed by atoms with Crippen molar-refractivity contribution in [2.75, 3.05) is 31.1 Å². The van der Waals surface area contributed by atoms with Crippen LogP contribution in [0, 0.1) is 23.7 Å². The second kappa shape index (κ2) is 4.82. The Bertz CT molecular complexity index is 511. The van der Waals surface area contributed by atoms with Gasteiger partial charge in [-0.1, -0.05) is 0 Å². The minimum Gasteiger partial charge on any atom is -0.356 e. The van der Waals surface area contributed by atoms with Gasteiger partial charge in [0.2, 0.25) is 0 Å². The summed E-state index contributed by atoms with van der Waals surface area (Å²) in [4.78, 5) is 6.98. The molecule has 0 saturated carbocycles. The van der Waals surface area contributed by atoms with Crippen LogP contribution >= 0.6 is 0 Å². The van der Waals surface area contributed by atoms with E-state index in [0.717, 1.165) is 37.7 Å². The van der Waals surface area contributed by atoms with Gasteiger partial charge in [0.1, 0.15) is 11.9 Å². The van der Waals surface area contributed by atoms with E-state index in [2.05, 4.69) is 21.3 Å². The number of nitrogens with zero attached hydrogens (tertiary/aromatic N) is 3. The van der Waals surface area contributed by atoms with Crippen LogP contribution in [0.25, 0.3) is 0 Å². The molecule has 19 heavy (non-hydrogen) atoms.